The number of rotatable bonds is 2. The molecule has 4 N–H and O–H groups in total. The second kappa shape index (κ2) is 4.45. The smallest absolute Gasteiger partial charge is 0.276 e. The molecule has 2 aromatic rings. The van der Waals surface area contributed by atoms with E-state index in [1.807, 2.05) is 6.20 Å². The number of hydrogen-bond acceptors (Lipinski definition) is 4. The summed E-state index contributed by atoms with van der Waals surface area (Å²) in [6, 6.07) is 0. The summed E-state index contributed by atoms with van der Waals surface area (Å²) in [5.74, 6) is 0.151. The molecule has 0 bridgehead atoms. The molecule has 6 heteroatoms. The highest BCUT2D eigenvalue weighted by Gasteiger charge is 2.17. The first-order valence-corrected chi connectivity index (χ1v) is 6.21. The lowest BCUT2D eigenvalue weighted by atomic mass is 10.0. The van der Waals surface area contributed by atoms with Crippen molar-refractivity contribution in [3.63, 3.8) is 0 Å². The van der Waals surface area contributed by atoms with Crippen molar-refractivity contribution < 1.29 is 4.74 Å². The van der Waals surface area contributed by atoms with E-state index in [9.17, 15) is 4.79 Å². The first kappa shape index (κ1) is 11.3. The van der Waals surface area contributed by atoms with E-state index in [1.54, 1.807) is 0 Å². The van der Waals surface area contributed by atoms with E-state index in [0.717, 1.165) is 31.4 Å². The third-order valence-electron chi connectivity index (χ3n) is 3.35. The average molecular weight is 248 g/mol. The van der Waals surface area contributed by atoms with Crippen molar-refractivity contribution in [1.29, 1.82) is 0 Å². The van der Waals surface area contributed by atoms with Gasteiger partial charge in [-0.25, -0.2) is 4.98 Å². The van der Waals surface area contributed by atoms with Crippen LogP contribution in [0.4, 0.5) is 5.95 Å². The Morgan fingerprint density at radius 1 is 1.50 bits per heavy atom. The molecule has 1 saturated heterocycles. The Labute approximate surface area is 104 Å². The van der Waals surface area contributed by atoms with E-state index in [4.69, 9.17) is 10.5 Å². The van der Waals surface area contributed by atoms with Gasteiger partial charge in [-0.3, -0.25) is 9.78 Å². The van der Waals surface area contributed by atoms with Gasteiger partial charge in [0.1, 0.15) is 11.0 Å². The van der Waals surface area contributed by atoms with Crippen molar-refractivity contribution in [3.8, 4) is 0 Å². The number of ether oxygens (including phenoxy) is 1. The van der Waals surface area contributed by atoms with Crippen LogP contribution in [0.3, 0.4) is 0 Å². The van der Waals surface area contributed by atoms with Crippen LogP contribution < -0.4 is 11.3 Å². The van der Waals surface area contributed by atoms with E-state index >= 15 is 0 Å². The zero-order valence-electron chi connectivity index (χ0n) is 10.0. The zero-order chi connectivity index (χ0) is 12.5. The van der Waals surface area contributed by atoms with Crippen molar-refractivity contribution in [3.05, 3.63) is 22.1 Å². The standard InChI is InChI=1S/C12H16N4O2/c13-12-15-9-7(5-8-3-1-2-4-18-8)6-14-10(9)11(17)16-12/h6,8,14H,1-5H2,(H3,13,15,16,17). The molecule has 0 aromatic carbocycles. The molecule has 3 heterocycles. The van der Waals surface area contributed by atoms with Gasteiger partial charge < -0.3 is 15.5 Å². The van der Waals surface area contributed by atoms with Crippen molar-refractivity contribution >= 4 is 17.0 Å². The Balaban J connectivity index is 1.94. The Morgan fingerprint density at radius 2 is 2.39 bits per heavy atom. The predicted molar refractivity (Wildman–Crippen MR) is 68.4 cm³/mol. The Bertz CT molecular complexity index is 610. The Hall–Kier alpha value is -1.82. The number of nitrogen functional groups attached to an aromatic ring is 1. The van der Waals surface area contributed by atoms with Crippen LogP contribution in [-0.2, 0) is 11.2 Å². The van der Waals surface area contributed by atoms with Crippen LogP contribution in [0.5, 0.6) is 0 Å². The zero-order valence-corrected chi connectivity index (χ0v) is 10.0. The summed E-state index contributed by atoms with van der Waals surface area (Å²) in [5, 5.41) is 0. The molecule has 0 amide bonds. The fourth-order valence-corrected chi connectivity index (χ4v) is 2.45. The van der Waals surface area contributed by atoms with Gasteiger partial charge in [0.05, 0.1) is 6.10 Å². The highest BCUT2D eigenvalue weighted by molar-refractivity contribution is 5.78. The fraction of sp³-hybridized carbons (Fsp3) is 0.500. The van der Waals surface area contributed by atoms with Crippen LogP contribution in [0.1, 0.15) is 24.8 Å². The molecular formula is C12H16N4O2. The summed E-state index contributed by atoms with van der Waals surface area (Å²) in [6.07, 6.45) is 6.21. The van der Waals surface area contributed by atoms with Gasteiger partial charge in [0, 0.05) is 19.2 Å². The number of fused-ring (bicyclic) bond motifs is 1. The topological polar surface area (TPSA) is 96.8 Å². The number of hydrogen-bond donors (Lipinski definition) is 3. The van der Waals surface area contributed by atoms with Gasteiger partial charge in [-0.1, -0.05) is 0 Å². The Morgan fingerprint density at radius 3 is 3.17 bits per heavy atom. The largest absolute Gasteiger partial charge is 0.378 e. The highest BCUT2D eigenvalue weighted by Crippen LogP contribution is 2.21. The van der Waals surface area contributed by atoms with E-state index < -0.39 is 0 Å². The van der Waals surface area contributed by atoms with Gasteiger partial charge in [0.2, 0.25) is 5.95 Å². The highest BCUT2D eigenvalue weighted by atomic mass is 16.5. The molecule has 3 rings (SSSR count). The number of nitrogens with two attached hydrogens (primary N) is 1. The molecule has 18 heavy (non-hydrogen) atoms. The molecule has 1 atom stereocenters. The molecule has 0 spiro atoms. The summed E-state index contributed by atoms with van der Waals surface area (Å²) in [7, 11) is 0. The van der Waals surface area contributed by atoms with E-state index in [-0.39, 0.29) is 17.6 Å². The molecule has 6 nitrogen and oxygen atoms in total. The molecule has 0 aliphatic carbocycles. The van der Waals surface area contributed by atoms with E-state index in [0.29, 0.717) is 11.0 Å². The van der Waals surface area contributed by atoms with Crippen LogP contribution in [0, 0.1) is 0 Å². The maximum absolute atomic E-state index is 11.7. The minimum Gasteiger partial charge on any atom is -0.378 e. The minimum atomic E-state index is -0.228. The molecule has 96 valence electrons. The maximum atomic E-state index is 11.7. The molecule has 1 aliphatic rings. The summed E-state index contributed by atoms with van der Waals surface area (Å²) < 4.78 is 5.70. The van der Waals surface area contributed by atoms with Crippen molar-refractivity contribution in [2.24, 2.45) is 0 Å². The lowest BCUT2D eigenvalue weighted by molar-refractivity contribution is 0.0169. The van der Waals surface area contributed by atoms with Gasteiger partial charge >= 0.3 is 0 Å². The average Bonchev–Trinajstić information content (AvgIpc) is 2.74. The number of anilines is 1. The van der Waals surface area contributed by atoms with Crippen molar-refractivity contribution in [1.82, 2.24) is 15.0 Å². The monoisotopic (exact) mass is 248 g/mol. The van der Waals surface area contributed by atoms with Gasteiger partial charge in [-0.05, 0) is 24.8 Å². The lowest BCUT2D eigenvalue weighted by Gasteiger charge is -2.22. The van der Waals surface area contributed by atoms with Crippen molar-refractivity contribution in [2.45, 2.75) is 31.8 Å². The molecule has 1 aliphatic heterocycles. The van der Waals surface area contributed by atoms with Gasteiger partial charge in [-0.15, -0.1) is 0 Å². The van der Waals surface area contributed by atoms with Crippen molar-refractivity contribution in [2.75, 3.05) is 12.3 Å². The van der Waals surface area contributed by atoms with Gasteiger partial charge in [0.15, 0.2) is 0 Å². The van der Waals surface area contributed by atoms with Gasteiger partial charge in [-0.2, -0.15) is 0 Å². The van der Waals surface area contributed by atoms with Crippen LogP contribution in [0.2, 0.25) is 0 Å². The SMILES string of the molecule is Nc1nc2c(CC3CCCCO3)c[nH]c2c(=O)[nH]1. The van der Waals surface area contributed by atoms with Crippen LogP contribution in [-0.4, -0.2) is 27.7 Å². The molecular weight excluding hydrogens is 232 g/mol. The first-order valence-electron chi connectivity index (χ1n) is 6.21. The van der Waals surface area contributed by atoms with Crippen LogP contribution in [0.25, 0.3) is 11.0 Å². The normalized spacial score (nSPS) is 20.3. The number of nitrogens with one attached hydrogen (secondary N) is 2. The maximum Gasteiger partial charge on any atom is 0.276 e. The third kappa shape index (κ3) is 1.99. The molecule has 1 unspecified atom stereocenters. The predicted octanol–water partition coefficient (Wildman–Crippen LogP) is 0.945. The Kier molecular flexibility index (Phi) is 2.79. The summed E-state index contributed by atoms with van der Waals surface area (Å²) >= 11 is 0. The molecule has 1 fully saturated rings. The fourth-order valence-electron chi connectivity index (χ4n) is 2.45. The summed E-state index contributed by atoms with van der Waals surface area (Å²) in [5.41, 5.74) is 7.48. The summed E-state index contributed by atoms with van der Waals surface area (Å²) in [6.45, 7) is 0.823. The van der Waals surface area contributed by atoms with Gasteiger partial charge in [0.25, 0.3) is 5.56 Å². The lowest BCUT2D eigenvalue weighted by Crippen LogP contribution is -2.21. The minimum absolute atomic E-state index is 0.151. The van der Waals surface area contributed by atoms with Crippen LogP contribution in [0.15, 0.2) is 11.0 Å². The number of H-pyrrole nitrogens is 2. The quantitative estimate of drug-likeness (QED) is 0.737. The molecule has 2 aromatic heterocycles. The second-order valence-electron chi connectivity index (χ2n) is 4.68. The van der Waals surface area contributed by atoms with E-state index in [1.165, 1.54) is 6.42 Å². The summed E-state index contributed by atoms with van der Waals surface area (Å²) in [4.78, 5) is 21.3. The number of aromatic nitrogens is 3. The number of nitrogens with zero attached hydrogens (tertiary/aromatic N) is 1. The second-order valence-corrected chi connectivity index (χ2v) is 4.68. The third-order valence-corrected chi connectivity index (χ3v) is 3.35. The van der Waals surface area contributed by atoms with E-state index in [2.05, 4.69) is 15.0 Å². The molecule has 0 saturated carbocycles. The first-order chi connectivity index (χ1) is 8.74. The molecule has 0 radical (unpaired) electrons. The van der Waals surface area contributed by atoms with Crippen LogP contribution >= 0.6 is 0 Å². The number of aromatic amines is 2.